The number of hydrogen-bond acceptors (Lipinski definition) is 4. The predicted octanol–water partition coefficient (Wildman–Crippen LogP) is 4.55. The van der Waals surface area contributed by atoms with E-state index in [-0.39, 0.29) is 0 Å². The average Bonchev–Trinajstić information content (AvgIpc) is 3.13. The second-order valence-corrected chi connectivity index (χ2v) is 7.60. The number of fused-ring (bicyclic) bond motifs is 1. The second kappa shape index (κ2) is 7.95. The summed E-state index contributed by atoms with van der Waals surface area (Å²) >= 11 is 6.11. The monoisotopic (exact) mass is 404 g/mol. The van der Waals surface area contributed by atoms with Crippen LogP contribution in [-0.4, -0.2) is 45.6 Å². The van der Waals surface area contributed by atoms with Crippen LogP contribution < -0.4 is 0 Å². The maximum Gasteiger partial charge on any atom is 0.137 e. The fraction of sp³-hybridized carbons (Fsp3) is 0.217. The highest BCUT2D eigenvalue weighted by Gasteiger charge is 2.19. The van der Waals surface area contributed by atoms with Crippen LogP contribution in [0.3, 0.4) is 0 Å². The molecule has 5 rings (SSSR count). The lowest BCUT2D eigenvalue weighted by Gasteiger charge is -2.26. The lowest BCUT2D eigenvalue weighted by molar-refractivity contribution is 0.0336. The number of pyridine rings is 2. The molecule has 0 radical (unpaired) electrons. The molecule has 0 atom stereocenters. The van der Waals surface area contributed by atoms with Crippen molar-refractivity contribution in [3.05, 3.63) is 77.7 Å². The predicted molar refractivity (Wildman–Crippen MR) is 115 cm³/mol. The number of imidazole rings is 1. The molecule has 6 heteroatoms. The van der Waals surface area contributed by atoms with Crippen LogP contribution >= 0.6 is 11.6 Å². The molecule has 4 aromatic rings. The third-order valence-electron chi connectivity index (χ3n) is 5.27. The Kier molecular flexibility index (Phi) is 5.02. The van der Waals surface area contributed by atoms with Gasteiger partial charge in [0.1, 0.15) is 5.65 Å². The summed E-state index contributed by atoms with van der Waals surface area (Å²) in [5.41, 5.74) is 6.18. The summed E-state index contributed by atoms with van der Waals surface area (Å²) in [7, 11) is 0. The summed E-state index contributed by atoms with van der Waals surface area (Å²) in [6.45, 7) is 4.20. The van der Waals surface area contributed by atoms with E-state index in [1.54, 1.807) is 0 Å². The molecule has 0 spiro atoms. The molecule has 1 aliphatic rings. The first-order valence-electron chi connectivity index (χ1n) is 9.76. The van der Waals surface area contributed by atoms with Crippen LogP contribution in [0, 0.1) is 0 Å². The van der Waals surface area contributed by atoms with Crippen LogP contribution in [0.25, 0.3) is 28.2 Å². The maximum atomic E-state index is 6.11. The Morgan fingerprint density at radius 2 is 1.72 bits per heavy atom. The van der Waals surface area contributed by atoms with Crippen molar-refractivity contribution in [2.45, 2.75) is 6.54 Å². The highest BCUT2D eigenvalue weighted by atomic mass is 35.5. The number of ether oxygens (including phenoxy) is 1. The SMILES string of the molecule is Clc1ccc(-c2nc3ccc(-c4ccccn4)cn3c2CN2CCOCC2)cc1. The van der Waals surface area contributed by atoms with Gasteiger partial charge in [-0.2, -0.15) is 0 Å². The van der Waals surface area contributed by atoms with E-state index >= 15 is 0 Å². The maximum absolute atomic E-state index is 6.11. The zero-order valence-electron chi connectivity index (χ0n) is 16.0. The fourth-order valence-electron chi connectivity index (χ4n) is 3.74. The number of morpholine rings is 1. The summed E-state index contributed by atoms with van der Waals surface area (Å²) in [6, 6.07) is 18.0. The minimum atomic E-state index is 0.727. The Balaban J connectivity index is 1.64. The molecule has 0 bridgehead atoms. The molecule has 5 nitrogen and oxygen atoms in total. The van der Waals surface area contributed by atoms with Crippen molar-refractivity contribution in [3.8, 4) is 22.5 Å². The van der Waals surface area contributed by atoms with Crippen LogP contribution in [0.1, 0.15) is 5.69 Å². The molecule has 3 aromatic heterocycles. The zero-order chi connectivity index (χ0) is 19.6. The molecule has 1 fully saturated rings. The van der Waals surface area contributed by atoms with E-state index < -0.39 is 0 Å². The Morgan fingerprint density at radius 3 is 2.48 bits per heavy atom. The molecule has 29 heavy (non-hydrogen) atoms. The van der Waals surface area contributed by atoms with Crippen molar-refractivity contribution < 1.29 is 4.74 Å². The van der Waals surface area contributed by atoms with E-state index in [2.05, 4.69) is 32.6 Å². The van der Waals surface area contributed by atoms with Crippen LogP contribution in [-0.2, 0) is 11.3 Å². The molecule has 0 saturated carbocycles. The van der Waals surface area contributed by atoms with Gasteiger partial charge >= 0.3 is 0 Å². The highest BCUT2D eigenvalue weighted by Crippen LogP contribution is 2.29. The van der Waals surface area contributed by atoms with Crippen molar-refractivity contribution >= 4 is 17.2 Å². The molecule has 4 heterocycles. The van der Waals surface area contributed by atoms with Gasteiger partial charge in [0.2, 0.25) is 0 Å². The van der Waals surface area contributed by atoms with E-state index in [0.29, 0.717) is 0 Å². The van der Waals surface area contributed by atoms with Gasteiger partial charge in [0.05, 0.1) is 30.3 Å². The van der Waals surface area contributed by atoms with Crippen LogP contribution in [0.2, 0.25) is 5.02 Å². The first-order chi connectivity index (χ1) is 14.3. The Morgan fingerprint density at radius 1 is 0.931 bits per heavy atom. The van der Waals surface area contributed by atoms with E-state index in [4.69, 9.17) is 21.3 Å². The van der Waals surface area contributed by atoms with Gasteiger partial charge in [-0.05, 0) is 36.4 Å². The normalized spacial score (nSPS) is 15.1. The van der Waals surface area contributed by atoms with Crippen molar-refractivity contribution in [1.82, 2.24) is 19.3 Å². The van der Waals surface area contributed by atoms with Gasteiger partial charge in [0.25, 0.3) is 0 Å². The molecular formula is C23H21ClN4O. The Bertz CT molecular complexity index is 1120. The Labute approximate surface area is 174 Å². The van der Waals surface area contributed by atoms with Crippen molar-refractivity contribution in [2.75, 3.05) is 26.3 Å². The van der Waals surface area contributed by atoms with Gasteiger partial charge in [-0.25, -0.2) is 4.98 Å². The van der Waals surface area contributed by atoms with E-state index in [1.807, 2.05) is 48.7 Å². The number of rotatable bonds is 4. The number of hydrogen-bond donors (Lipinski definition) is 0. The molecule has 0 unspecified atom stereocenters. The summed E-state index contributed by atoms with van der Waals surface area (Å²) in [5.74, 6) is 0. The summed E-state index contributed by atoms with van der Waals surface area (Å²) in [6.07, 6.45) is 3.96. The standard InChI is InChI=1S/C23H21ClN4O/c24-19-7-4-17(5-8-19)23-21(16-27-11-13-29-14-12-27)28-15-18(6-9-22(28)26-23)20-3-1-2-10-25-20/h1-10,15H,11-14,16H2. The first kappa shape index (κ1) is 18.3. The Hall–Kier alpha value is -2.73. The topological polar surface area (TPSA) is 42.7 Å². The number of halogens is 1. The van der Waals surface area contributed by atoms with Gasteiger partial charge in [-0.15, -0.1) is 0 Å². The summed E-state index contributed by atoms with van der Waals surface area (Å²) < 4.78 is 7.72. The van der Waals surface area contributed by atoms with Crippen LogP contribution in [0.4, 0.5) is 0 Å². The van der Waals surface area contributed by atoms with Crippen molar-refractivity contribution in [3.63, 3.8) is 0 Å². The van der Waals surface area contributed by atoms with E-state index in [0.717, 1.165) is 66.0 Å². The van der Waals surface area contributed by atoms with Gasteiger partial charge in [-0.1, -0.05) is 29.8 Å². The molecule has 1 saturated heterocycles. The number of benzene rings is 1. The van der Waals surface area contributed by atoms with Gasteiger partial charge < -0.3 is 9.14 Å². The lowest BCUT2D eigenvalue weighted by atomic mass is 10.1. The summed E-state index contributed by atoms with van der Waals surface area (Å²) in [4.78, 5) is 11.9. The van der Waals surface area contributed by atoms with E-state index in [1.165, 1.54) is 5.69 Å². The molecule has 146 valence electrons. The van der Waals surface area contributed by atoms with E-state index in [9.17, 15) is 0 Å². The van der Waals surface area contributed by atoms with Gasteiger partial charge in [-0.3, -0.25) is 9.88 Å². The lowest BCUT2D eigenvalue weighted by Crippen LogP contribution is -2.36. The van der Waals surface area contributed by atoms with Crippen LogP contribution in [0.5, 0.6) is 0 Å². The molecule has 0 N–H and O–H groups in total. The average molecular weight is 405 g/mol. The largest absolute Gasteiger partial charge is 0.379 e. The second-order valence-electron chi connectivity index (χ2n) is 7.16. The minimum Gasteiger partial charge on any atom is -0.379 e. The number of nitrogens with zero attached hydrogens (tertiary/aromatic N) is 4. The molecule has 0 aliphatic carbocycles. The van der Waals surface area contributed by atoms with Gasteiger partial charge in [0.15, 0.2) is 0 Å². The van der Waals surface area contributed by atoms with Crippen LogP contribution in [0.15, 0.2) is 67.0 Å². The van der Waals surface area contributed by atoms with Gasteiger partial charge in [0, 0.05) is 48.2 Å². The fourth-order valence-corrected chi connectivity index (χ4v) is 3.87. The molecule has 1 aliphatic heterocycles. The number of aromatic nitrogens is 3. The molecule has 1 aromatic carbocycles. The first-order valence-corrected chi connectivity index (χ1v) is 10.1. The molecular weight excluding hydrogens is 384 g/mol. The third kappa shape index (κ3) is 3.77. The molecule has 0 amide bonds. The smallest absolute Gasteiger partial charge is 0.137 e. The summed E-state index contributed by atoms with van der Waals surface area (Å²) in [5, 5.41) is 0.727. The van der Waals surface area contributed by atoms with Crippen molar-refractivity contribution in [2.24, 2.45) is 0 Å². The zero-order valence-corrected chi connectivity index (χ0v) is 16.7. The van der Waals surface area contributed by atoms with Crippen molar-refractivity contribution in [1.29, 1.82) is 0 Å². The quantitative estimate of drug-likeness (QED) is 0.500. The third-order valence-corrected chi connectivity index (χ3v) is 5.52. The minimum absolute atomic E-state index is 0.727. The highest BCUT2D eigenvalue weighted by molar-refractivity contribution is 6.30.